The molecule has 0 aliphatic heterocycles. The molecule has 0 aliphatic carbocycles. The van der Waals surface area contributed by atoms with Gasteiger partial charge < -0.3 is 18.6 Å². The van der Waals surface area contributed by atoms with E-state index in [1.165, 1.54) is 7.11 Å². The molecule has 0 saturated heterocycles. The van der Waals surface area contributed by atoms with Crippen molar-refractivity contribution in [2.75, 3.05) is 26.1 Å². The Kier molecular flexibility index (Phi) is 5.55. The van der Waals surface area contributed by atoms with E-state index in [0.29, 0.717) is 35.0 Å². The molecule has 0 aliphatic rings. The van der Waals surface area contributed by atoms with Crippen molar-refractivity contribution in [3.8, 4) is 28.7 Å². The Morgan fingerprint density at radius 1 is 1.04 bits per heavy atom. The van der Waals surface area contributed by atoms with Gasteiger partial charge in [-0.05, 0) is 43.3 Å². The van der Waals surface area contributed by atoms with E-state index in [4.69, 9.17) is 18.6 Å². The zero-order valence-corrected chi connectivity index (χ0v) is 15.2. The van der Waals surface area contributed by atoms with Crippen LogP contribution in [-0.4, -0.2) is 36.9 Å². The minimum Gasteiger partial charge on any atom is -0.497 e. The Balaban J connectivity index is 1.75. The van der Waals surface area contributed by atoms with Crippen molar-refractivity contribution < 1.29 is 23.4 Å². The molecular formula is C19H19N3O5. The van der Waals surface area contributed by atoms with Gasteiger partial charge in [0.1, 0.15) is 17.2 Å². The van der Waals surface area contributed by atoms with Gasteiger partial charge in [0, 0.05) is 11.6 Å². The minimum atomic E-state index is -0.366. The number of methoxy groups -OCH3 is 2. The number of nitrogens with one attached hydrogen (secondary N) is 1. The first-order valence-electron chi connectivity index (χ1n) is 8.24. The Labute approximate surface area is 156 Å². The molecule has 1 heterocycles. The predicted molar refractivity (Wildman–Crippen MR) is 98.4 cm³/mol. The van der Waals surface area contributed by atoms with Crippen molar-refractivity contribution >= 4 is 11.9 Å². The Hall–Kier alpha value is -3.55. The molecule has 1 amide bonds. The predicted octanol–water partition coefficient (Wildman–Crippen LogP) is 3.40. The molecule has 1 N–H and O–H groups in total. The number of anilines is 1. The number of nitrogens with zero attached hydrogens (tertiary/aromatic N) is 2. The summed E-state index contributed by atoms with van der Waals surface area (Å²) in [5.41, 5.74) is 1.03. The lowest BCUT2D eigenvalue weighted by Crippen LogP contribution is -2.12. The summed E-state index contributed by atoms with van der Waals surface area (Å²) in [5, 5.41) is 10.4. The number of benzene rings is 2. The molecule has 0 atom stereocenters. The summed E-state index contributed by atoms with van der Waals surface area (Å²) in [7, 11) is 3.10. The number of ether oxygens (including phenoxy) is 3. The van der Waals surface area contributed by atoms with Crippen LogP contribution in [0.2, 0.25) is 0 Å². The van der Waals surface area contributed by atoms with Crippen LogP contribution in [0.4, 0.5) is 6.01 Å². The summed E-state index contributed by atoms with van der Waals surface area (Å²) < 4.78 is 21.4. The standard InChI is InChI=1S/C19H19N3O5/c1-4-26-13-7-5-12(6-8-13)17(23)20-19-22-21-18(27-19)15-10-9-14(24-2)11-16(15)25-3/h5-11H,4H2,1-3H3,(H,20,22,23). The first-order valence-corrected chi connectivity index (χ1v) is 8.24. The highest BCUT2D eigenvalue weighted by atomic mass is 16.5. The van der Waals surface area contributed by atoms with Crippen LogP contribution in [0, 0.1) is 0 Å². The highest BCUT2D eigenvalue weighted by Crippen LogP contribution is 2.33. The van der Waals surface area contributed by atoms with Gasteiger partial charge in [0.05, 0.1) is 26.4 Å². The molecule has 3 rings (SSSR count). The number of rotatable bonds is 7. The largest absolute Gasteiger partial charge is 0.497 e. The van der Waals surface area contributed by atoms with Crippen LogP contribution in [0.25, 0.3) is 11.5 Å². The fourth-order valence-electron chi connectivity index (χ4n) is 2.40. The molecule has 0 unspecified atom stereocenters. The highest BCUT2D eigenvalue weighted by Gasteiger charge is 2.16. The van der Waals surface area contributed by atoms with Crippen molar-refractivity contribution in [2.45, 2.75) is 6.92 Å². The van der Waals surface area contributed by atoms with E-state index in [2.05, 4.69) is 15.5 Å². The Morgan fingerprint density at radius 3 is 2.44 bits per heavy atom. The molecule has 0 saturated carbocycles. The zero-order chi connectivity index (χ0) is 19.2. The summed E-state index contributed by atoms with van der Waals surface area (Å²) in [6.07, 6.45) is 0. The maximum absolute atomic E-state index is 12.3. The lowest BCUT2D eigenvalue weighted by atomic mass is 10.2. The van der Waals surface area contributed by atoms with Crippen LogP contribution in [-0.2, 0) is 0 Å². The van der Waals surface area contributed by atoms with Crippen LogP contribution in [0.3, 0.4) is 0 Å². The summed E-state index contributed by atoms with van der Waals surface area (Å²) in [6, 6.07) is 11.9. The van der Waals surface area contributed by atoms with E-state index in [0.717, 1.165) is 0 Å². The number of amides is 1. The molecule has 8 nitrogen and oxygen atoms in total. The van der Waals surface area contributed by atoms with Gasteiger partial charge in [-0.25, -0.2) is 0 Å². The molecule has 140 valence electrons. The summed E-state index contributed by atoms with van der Waals surface area (Å²) in [4.78, 5) is 12.3. The van der Waals surface area contributed by atoms with Crippen molar-refractivity contribution in [3.05, 3.63) is 48.0 Å². The highest BCUT2D eigenvalue weighted by molar-refractivity contribution is 6.03. The van der Waals surface area contributed by atoms with E-state index in [-0.39, 0.29) is 17.8 Å². The van der Waals surface area contributed by atoms with Crippen molar-refractivity contribution in [1.29, 1.82) is 0 Å². The van der Waals surface area contributed by atoms with Crippen LogP contribution >= 0.6 is 0 Å². The molecule has 0 fully saturated rings. The third-order valence-corrected chi connectivity index (χ3v) is 3.71. The van der Waals surface area contributed by atoms with E-state index in [1.807, 2.05) is 6.92 Å². The molecular weight excluding hydrogens is 350 g/mol. The second-order valence-corrected chi connectivity index (χ2v) is 5.39. The Bertz CT molecular complexity index is 921. The first-order chi connectivity index (χ1) is 13.1. The number of carbonyl (C=O) groups excluding carboxylic acids is 1. The van der Waals surface area contributed by atoms with Gasteiger partial charge in [0.2, 0.25) is 0 Å². The lowest BCUT2D eigenvalue weighted by Gasteiger charge is -2.07. The van der Waals surface area contributed by atoms with E-state index >= 15 is 0 Å². The molecule has 0 radical (unpaired) electrons. The second-order valence-electron chi connectivity index (χ2n) is 5.39. The van der Waals surface area contributed by atoms with Gasteiger partial charge in [-0.3, -0.25) is 10.1 Å². The van der Waals surface area contributed by atoms with Crippen LogP contribution < -0.4 is 19.5 Å². The molecule has 2 aromatic carbocycles. The van der Waals surface area contributed by atoms with Crippen LogP contribution in [0.5, 0.6) is 17.2 Å². The van der Waals surface area contributed by atoms with Crippen LogP contribution in [0.15, 0.2) is 46.9 Å². The maximum Gasteiger partial charge on any atom is 0.322 e. The fourth-order valence-corrected chi connectivity index (χ4v) is 2.40. The van der Waals surface area contributed by atoms with Gasteiger partial charge in [0.25, 0.3) is 11.8 Å². The fraction of sp³-hybridized carbons (Fsp3) is 0.211. The Morgan fingerprint density at radius 2 is 1.78 bits per heavy atom. The minimum absolute atomic E-state index is 0.0123. The molecule has 27 heavy (non-hydrogen) atoms. The third kappa shape index (κ3) is 4.17. The van der Waals surface area contributed by atoms with E-state index in [1.54, 1.807) is 49.6 Å². The monoisotopic (exact) mass is 369 g/mol. The third-order valence-electron chi connectivity index (χ3n) is 3.71. The number of hydrogen-bond donors (Lipinski definition) is 1. The number of aromatic nitrogens is 2. The number of hydrogen-bond acceptors (Lipinski definition) is 7. The molecule has 1 aromatic heterocycles. The van der Waals surface area contributed by atoms with Gasteiger partial charge >= 0.3 is 6.01 Å². The smallest absolute Gasteiger partial charge is 0.322 e. The SMILES string of the molecule is CCOc1ccc(C(=O)Nc2nnc(-c3ccc(OC)cc3OC)o2)cc1. The second kappa shape index (κ2) is 8.22. The van der Waals surface area contributed by atoms with Crippen molar-refractivity contribution in [3.63, 3.8) is 0 Å². The normalized spacial score (nSPS) is 10.3. The summed E-state index contributed by atoms with van der Waals surface area (Å²) in [5.74, 6) is 1.70. The molecule has 0 spiro atoms. The van der Waals surface area contributed by atoms with Gasteiger partial charge in [0.15, 0.2) is 0 Å². The van der Waals surface area contributed by atoms with E-state index < -0.39 is 0 Å². The maximum atomic E-state index is 12.3. The number of carbonyl (C=O) groups is 1. The summed E-state index contributed by atoms with van der Waals surface area (Å²) in [6.45, 7) is 2.46. The average molecular weight is 369 g/mol. The first kappa shape index (κ1) is 18.2. The molecule has 0 bridgehead atoms. The quantitative estimate of drug-likeness (QED) is 0.682. The van der Waals surface area contributed by atoms with Gasteiger partial charge in [-0.15, -0.1) is 5.10 Å². The van der Waals surface area contributed by atoms with Crippen molar-refractivity contribution in [1.82, 2.24) is 10.2 Å². The van der Waals surface area contributed by atoms with Crippen molar-refractivity contribution in [2.24, 2.45) is 0 Å². The average Bonchev–Trinajstić information content (AvgIpc) is 3.16. The summed E-state index contributed by atoms with van der Waals surface area (Å²) >= 11 is 0. The van der Waals surface area contributed by atoms with Gasteiger partial charge in [-0.2, -0.15) is 0 Å². The van der Waals surface area contributed by atoms with E-state index in [9.17, 15) is 4.79 Å². The zero-order valence-electron chi connectivity index (χ0n) is 15.2. The lowest BCUT2D eigenvalue weighted by molar-refractivity contribution is 0.102. The van der Waals surface area contributed by atoms with Gasteiger partial charge in [-0.1, -0.05) is 5.10 Å². The topological polar surface area (TPSA) is 95.7 Å². The molecule has 8 heteroatoms. The van der Waals surface area contributed by atoms with Crippen LogP contribution in [0.1, 0.15) is 17.3 Å². The molecule has 3 aromatic rings.